The van der Waals surface area contributed by atoms with Crippen LogP contribution in [0.25, 0.3) is 22.3 Å². The number of halogens is 4. The molecule has 0 radical (unpaired) electrons. The van der Waals surface area contributed by atoms with E-state index in [4.69, 9.17) is 16.7 Å². The maximum Gasteiger partial charge on any atom is 0.405 e. The van der Waals surface area contributed by atoms with Gasteiger partial charge < -0.3 is 21.1 Å². The normalized spacial score (nSPS) is 12.7. The lowest BCUT2D eigenvalue weighted by molar-refractivity contribution is -0.123. The molecule has 216 valence electrons. The predicted octanol–water partition coefficient (Wildman–Crippen LogP) is 3.90. The van der Waals surface area contributed by atoms with Crippen molar-refractivity contribution in [2.45, 2.75) is 30.6 Å². The number of nitrogens with one attached hydrogen (secondary N) is 3. The number of nitrogens with zero attached hydrogens (tertiary/aromatic N) is 3. The Morgan fingerprint density at radius 3 is 2.37 bits per heavy atom. The van der Waals surface area contributed by atoms with Crippen LogP contribution in [0.4, 0.5) is 30.6 Å². The first-order chi connectivity index (χ1) is 19.2. The molecule has 0 bridgehead atoms. The van der Waals surface area contributed by atoms with Gasteiger partial charge in [-0.25, -0.2) is 23.5 Å². The maximum absolute atomic E-state index is 13.0. The van der Waals surface area contributed by atoms with E-state index >= 15 is 0 Å². The first-order valence-electron chi connectivity index (χ1n) is 11.8. The highest BCUT2D eigenvalue weighted by Crippen LogP contribution is 2.31. The van der Waals surface area contributed by atoms with Gasteiger partial charge in [-0.15, -0.1) is 0 Å². The van der Waals surface area contributed by atoms with Gasteiger partial charge in [0, 0.05) is 12.1 Å². The van der Waals surface area contributed by atoms with E-state index in [0.717, 1.165) is 0 Å². The van der Waals surface area contributed by atoms with Crippen LogP contribution in [0.3, 0.4) is 0 Å². The zero-order chi connectivity index (χ0) is 29.9. The van der Waals surface area contributed by atoms with Crippen molar-refractivity contribution in [1.29, 1.82) is 0 Å². The number of aliphatic hydroxyl groups excluding tert-OH is 1. The third kappa shape index (κ3) is 7.79. The minimum atomic E-state index is -4.53. The molecule has 0 aliphatic heterocycles. The third-order valence-electron chi connectivity index (χ3n) is 5.60. The third-order valence-corrected chi connectivity index (χ3v) is 6.85. The summed E-state index contributed by atoms with van der Waals surface area (Å²) in [5, 5.41) is 22.3. The molecule has 1 atom stereocenters. The molecule has 0 aliphatic carbocycles. The van der Waals surface area contributed by atoms with Gasteiger partial charge in [0.2, 0.25) is 16.0 Å². The number of hydrogen-bond donors (Lipinski definition) is 5. The molecule has 11 nitrogen and oxygen atoms in total. The monoisotopic (exact) mass is 609 g/mol. The quantitative estimate of drug-likeness (QED) is 0.189. The molecule has 2 aromatic heterocycles. The summed E-state index contributed by atoms with van der Waals surface area (Å²) in [6.07, 6.45) is -5.78. The highest BCUT2D eigenvalue weighted by atomic mass is 35.5. The second-order valence-corrected chi connectivity index (χ2v) is 10.8. The Kier molecular flexibility index (Phi) is 8.63. The van der Waals surface area contributed by atoms with E-state index in [1.54, 1.807) is 18.2 Å². The van der Waals surface area contributed by atoms with Gasteiger partial charge in [0.05, 0.1) is 26.8 Å². The van der Waals surface area contributed by atoms with Crippen LogP contribution >= 0.6 is 11.6 Å². The molecule has 16 heteroatoms. The zero-order valence-electron chi connectivity index (χ0n) is 21.2. The standard InChI is InChI=1S/C25H23ClF3N7O4S/c1-13(37)23(38)34-19-7-4-15(10-17(19)26)18-8-9-20-21(33-18)22(32-12-25(27,28)29)36-24(35-20)31-11-14-2-5-16(6-3-14)41(30,39)40/h2-10,13,37H,11-12H2,1H3,(H,34,38)(H2,30,39,40)(H2,31,32,35,36)/t13-/m0/s1. The van der Waals surface area contributed by atoms with E-state index < -0.39 is 34.8 Å². The Morgan fingerprint density at radius 1 is 1.05 bits per heavy atom. The van der Waals surface area contributed by atoms with Gasteiger partial charge in [-0.05, 0) is 48.9 Å². The number of nitrogens with two attached hydrogens (primary N) is 1. The molecule has 1 amide bonds. The molecule has 6 N–H and O–H groups in total. The lowest BCUT2D eigenvalue weighted by Crippen LogP contribution is -2.24. The fourth-order valence-electron chi connectivity index (χ4n) is 3.55. The molecule has 0 unspecified atom stereocenters. The van der Waals surface area contributed by atoms with Crippen LogP contribution in [-0.4, -0.2) is 53.2 Å². The number of sulfonamides is 1. The van der Waals surface area contributed by atoms with Gasteiger partial charge in [-0.1, -0.05) is 29.8 Å². The second-order valence-electron chi connectivity index (χ2n) is 8.83. The number of alkyl halides is 3. The van der Waals surface area contributed by atoms with Crippen molar-refractivity contribution in [1.82, 2.24) is 15.0 Å². The molecule has 41 heavy (non-hydrogen) atoms. The lowest BCUT2D eigenvalue weighted by Gasteiger charge is -2.14. The Hall–Kier alpha value is -4.05. The number of aliphatic hydroxyl groups is 1. The number of carbonyl (C=O) groups excluding carboxylic acids is 1. The van der Waals surface area contributed by atoms with Crippen molar-refractivity contribution in [2.24, 2.45) is 5.14 Å². The molecular weight excluding hydrogens is 587 g/mol. The molecule has 2 heterocycles. The fourth-order valence-corrected chi connectivity index (χ4v) is 4.30. The van der Waals surface area contributed by atoms with Gasteiger partial charge in [0.25, 0.3) is 5.91 Å². The van der Waals surface area contributed by atoms with Crippen LogP contribution < -0.4 is 21.1 Å². The zero-order valence-corrected chi connectivity index (χ0v) is 22.8. The lowest BCUT2D eigenvalue weighted by atomic mass is 10.1. The number of hydrogen-bond acceptors (Lipinski definition) is 9. The Bertz CT molecular complexity index is 1700. The van der Waals surface area contributed by atoms with E-state index in [1.807, 2.05) is 0 Å². The molecule has 0 saturated heterocycles. The number of fused-ring (bicyclic) bond motifs is 1. The molecule has 0 spiro atoms. The summed E-state index contributed by atoms with van der Waals surface area (Å²) in [5.74, 6) is -0.812. The number of rotatable bonds is 9. The molecule has 0 fully saturated rings. The number of anilines is 3. The van der Waals surface area contributed by atoms with E-state index in [1.165, 1.54) is 43.3 Å². The average Bonchev–Trinajstić information content (AvgIpc) is 2.90. The molecule has 2 aromatic carbocycles. The van der Waals surface area contributed by atoms with Gasteiger partial charge in [0.15, 0.2) is 5.82 Å². The first kappa shape index (κ1) is 29.9. The Labute approximate surface area is 237 Å². The van der Waals surface area contributed by atoms with Crippen LogP contribution in [0.1, 0.15) is 12.5 Å². The smallest absolute Gasteiger partial charge is 0.384 e. The highest BCUT2D eigenvalue weighted by Gasteiger charge is 2.27. The van der Waals surface area contributed by atoms with E-state index in [-0.39, 0.29) is 44.9 Å². The number of aromatic nitrogens is 3. The molecule has 4 rings (SSSR count). The number of amides is 1. The van der Waals surface area contributed by atoms with Gasteiger partial charge >= 0.3 is 6.18 Å². The number of primary sulfonamides is 1. The van der Waals surface area contributed by atoms with Crippen LogP contribution in [0, 0.1) is 0 Å². The van der Waals surface area contributed by atoms with Crippen molar-refractivity contribution < 1.29 is 31.5 Å². The summed E-state index contributed by atoms with van der Waals surface area (Å²) < 4.78 is 62.0. The molecule has 0 aliphatic rings. The summed E-state index contributed by atoms with van der Waals surface area (Å²) in [7, 11) is -3.86. The summed E-state index contributed by atoms with van der Waals surface area (Å²) in [6, 6.07) is 13.5. The second kappa shape index (κ2) is 11.8. The highest BCUT2D eigenvalue weighted by molar-refractivity contribution is 7.89. The van der Waals surface area contributed by atoms with Crippen LogP contribution in [0.5, 0.6) is 0 Å². The average molecular weight is 610 g/mol. The Balaban J connectivity index is 1.64. The van der Waals surface area contributed by atoms with E-state index in [9.17, 15) is 31.5 Å². The molecular formula is C25H23ClF3N7O4S. The fraction of sp³-hybridized carbons (Fsp3) is 0.200. The summed E-state index contributed by atoms with van der Waals surface area (Å²) >= 11 is 6.28. The summed E-state index contributed by atoms with van der Waals surface area (Å²) in [4.78, 5) is 24.7. The first-order valence-corrected chi connectivity index (χ1v) is 13.8. The molecule has 0 saturated carbocycles. The molecule has 4 aromatic rings. The number of benzene rings is 2. The van der Waals surface area contributed by atoms with E-state index in [2.05, 4.69) is 30.9 Å². The van der Waals surface area contributed by atoms with Crippen molar-refractivity contribution in [2.75, 3.05) is 22.5 Å². The van der Waals surface area contributed by atoms with Crippen molar-refractivity contribution in [3.05, 3.63) is 65.2 Å². The largest absolute Gasteiger partial charge is 0.405 e. The predicted molar refractivity (Wildman–Crippen MR) is 148 cm³/mol. The van der Waals surface area contributed by atoms with Crippen LogP contribution in [0.2, 0.25) is 5.02 Å². The van der Waals surface area contributed by atoms with Gasteiger partial charge in [-0.3, -0.25) is 4.79 Å². The van der Waals surface area contributed by atoms with Gasteiger partial charge in [0.1, 0.15) is 18.2 Å². The van der Waals surface area contributed by atoms with Crippen molar-refractivity contribution in [3.63, 3.8) is 0 Å². The van der Waals surface area contributed by atoms with E-state index in [0.29, 0.717) is 16.8 Å². The SMILES string of the molecule is C[C@H](O)C(=O)Nc1ccc(-c2ccc3nc(NCc4ccc(S(N)(=O)=O)cc4)nc(NCC(F)(F)F)c3n2)cc1Cl. The van der Waals surface area contributed by atoms with Crippen LogP contribution in [0.15, 0.2) is 59.5 Å². The summed E-state index contributed by atoms with van der Waals surface area (Å²) in [5.41, 5.74) is 2.06. The van der Waals surface area contributed by atoms with Crippen molar-refractivity contribution in [3.8, 4) is 11.3 Å². The van der Waals surface area contributed by atoms with Gasteiger partial charge in [-0.2, -0.15) is 18.2 Å². The van der Waals surface area contributed by atoms with Crippen molar-refractivity contribution >= 4 is 56.0 Å². The topological polar surface area (TPSA) is 172 Å². The summed E-state index contributed by atoms with van der Waals surface area (Å²) in [6.45, 7) is 0.0675. The van der Waals surface area contributed by atoms with Crippen LogP contribution in [-0.2, 0) is 21.4 Å². The maximum atomic E-state index is 13.0. The Morgan fingerprint density at radius 2 is 1.76 bits per heavy atom. The number of pyridine rings is 1. The number of carbonyl (C=O) groups is 1. The minimum absolute atomic E-state index is 0.00787. The minimum Gasteiger partial charge on any atom is -0.384 e.